The fourth-order valence-corrected chi connectivity index (χ4v) is 3.44. The largest absolute Gasteiger partial charge is 0.483 e. The average Bonchev–Trinajstić information content (AvgIpc) is 2.84. The minimum Gasteiger partial charge on any atom is -0.483 e. The van der Waals surface area contributed by atoms with Crippen LogP contribution in [0.5, 0.6) is 5.75 Å². The maximum atomic E-state index is 5.88. The van der Waals surface area contributed by atoms with Gasteiger partial charge in [0.25, 0.3) is 0 Å². The molecule has 1 heterocycles. The molecule has 0 aliphatic carbocycles. The molecule has 0 unspecified atom stereocenters. The first-order valence-electron chi connectivity index (χ1n) is 6.89. The summed E-state index contributed by atoms with van der Waals surface area (Å²) in [6.45, 7) is 4.47. The Hall–Kier alpha value is -0.850. The average molecular weight is 417 g/mol. The molecule has 114 valence electrons. The molecule has 6 heteroatoms. The van der Waals surface area contributed by atoms with E-state index in [4.69, 9.17) is 4.74 Å². The van der Waals surface area contributed by atoms with Crippen molar-refractivity contribution in [1.82, 2.24) is 14.9 Å². The molecule has 1 aromatic carbocycles. The lowest BCUT2D eigenvalue weighted by molar-refractivity contribution is 0.288. The lowest BCUT2D eigenvalue weighted by Gasteiger charge is -2.12. The van der Waals surface area contributed by atoms with Gasteiger partial charge >= 0.3 is 0 Å². The van der Waals surface area contributed by atoms with Crippen molar-refractivity contribution in [2.75, 3.05) is 6.54 Å². The molecule has 0 saturated heterocycles. The molecule has 0 bridgehead atoms. The zero-order valence-electron chi connectivity index (χ0n) is 12.2. The quantitative estimate of drug-likeness (QED) is 0.692. The minimum absolute atomic E-state index is 0.439. The van der Waals surface area contributed by atoms with Crippen molar-refractivity contribution in [3.05, 3.63) is 44.9 Å². The van der Waals surface area contributed by atoms with Gasteiger partial charge in [0.05, 0.1) is 8.95 Å². The fraction of sp³-hybridized carbons (Fsp3) is 0.400. The van der Waals surface area contributed by atoms with Gasteiger partial charge in [0.2, 0.25) is 0 Å². The second kappa shape index (κ2) is 7.96. The minimum atomic E-state index is 0.439. The first-order chi connectivity index (χ1) is 10.1. The van der Waals surface area contributed by atoms with E-state index in [2.05, 4.69) is 61.2 Å². The van der Waals surface area contributed by atoms with Crippen LogP contribution in [0.4, 0.5) is 0 Å². The standard InChI is InChI=1S/C15H19Br2N3O/c1-3-4-18-9-11-7-12(16)15(13(17)8-11)21-10-14-19-5-6-20(14)2/h5-8,18H,3-4,9-10H2,1-2H3. The molecule has 0 fully saturated rings. The molecule has 1 N–H and O–H groups in total. The van der Waals surface area contributed by atoms with Crippen LogP contribution >= 0.6 is 31.9 Å². The maximum Gasteiger partial charge on any atom is 0.148 e. The van der Waals surface area contributed by atoms with Crippen LogP contribution < -0.4 is 10.1 Å². The first kappa shape index (κ1) is 16.5. The molecular formula is C15H19Br2N3O. The van der Waals surface area contributed by atoms with Gasteiger partial charge in [0.15, 0.2) is 0 Å². The van der Waals surface area contributed by atoms with Gasteiger partial charge < -0.3 is 14.6 Å². The third kappa shape index (κ3) is 4.56. The number of hydrogen-bond acceptors (Lipinski definition) is 3. The third-order valence-electron chi connectivity index (χ3n) is 3.08. The van der Waals surface area contributed by atoms with Crippen molar-refractivity contribution in [1.29, 1.82) is 0 Å². The SMILES string of the molecule is CCCNCc1cc(Br)c(OCc2nccn2C)c(Br)c1. The predicted octanol–water partition coefficient (Wildman–Crippen LogP) is 4.02. The van der Waals surface area contributed by atoms with E-state index in [0.717, 1.165) is 40.0 Å². The summed E-state index contributed by atoms with van der Waals surface area (Å²) < 4.78 is 9.71. The van der Waals surface area contributed by atoms with Crippen LogP contribution in [0.2, 0.25) is 0 Å². The Kier molecular flexibility index (Phi) is 6.26. The van der Waals surface area contributed by atoms with Crippen molar-refractivity contribution in [3.8, 4) is 5.75 Å². The second-order valence-electron chi connectivity index (χ2n) is 4.81. The van der Waals surface area contributed by atoms with Crippen LogP contribution in [-0.4, -0.2) is 16.1 Å². The maximum absolute atomic E-state index is 5.88. The van der Waals surface area contributed by atoms with Gasteiger partial charge in [-0.25, -0.2) is 4.98 Å². The van der Waals surface area contributed by atoms with Crippen LogP contribution in [0.25, 0.3) is 0 Å². The van der Waals surface area contributed by atoms with E-state index in [1.165, 1.54) is 5.56 Å². The number of hydrogen-bond donors (Lipinski definition) is 1. The molecule has 0 spiro atoms. The highest BCUT2D eigenvalue weighted by Crippen LogP contribution is 2.35. The number of imidazole rings is 1. The van der Waals surface area contributed by atoms with Crippen molar-refractivity contribution in [2.45, 2.75) is 26.5 Å². The van der Waals surface area contributed by atoms with Crippen LogP contribution in [0, 0.1) is 0 Å². The number of ether oxygens (including phenoxy) is 1. The third-order valence-corrected chi connectivity index (χ3v) is 4.26. The number of halogens is 2. The lowest BCUT2D eigenvalue weighted by Crippen LogP contribution is -2.13. The number of benzene rings is 1. The predicted molar refractivity (Wildman–Crippen MR) is 91.4 cm³/mol. The molecule has 21 heavy (non-hydrogen) atoms. The van der Waals surface area contributed by atoms with Gasteiger partial charge in [-0.15, -0.1) is 0 Å². The van der Waals surface area contributed by atoms with E-state index in [0.29, 0.717) is 6.61 Å². The van der Waals surface area contributed by atoms with E-state index < -0.39 is 0 Å². The van der Waals surface area contributed by atoms with Gasteiger partial charge in [0.1, 0.15) is 18.2 Å². The van der Waals surface area contributed by atoms with E-state index >= 15 is 0 Å². The summed E-state index contributed by atoms with van der Waals surface area (Å²) in [5.41, 5.74) is 1.21. The van der Waals surface area contributed by atoms with E-state index in [1.54, 1.807) is 6.20 Å². The Labute approximate surface area is 142 Å². The number of rotatable bonds is 7. The molecule has 0 radical (unpaired) electrons. The molecule has 2 aromatic rings. The van der Waals surface area contributed by atoms with Crippen LogP contribution in [-0.2, 0) is 20.2 Å². The molecule has 2 rings (SSSR count). The van der Waals surface area contributed by atoms with Crippen molar-refractivity contribution >= 4 is 31.9 Å². The summed E-state index contributed by atoms with van der Waals surface area (Å²) in [6.07, 6.45) is 4.81. The first-order valence-corrected chi connectivity index (χ1v) is 8.48. The van der Waals surface area contributed by atoms with Crippen molar-refractivity contribution in [3.63, 3.8) is 0 Å². The fourth-order valence-electron chi connectivity index (χ4n) is 1.93. The number of nitrogens with zero attached hydrogens (tertiary/aromatic N) is 2. The van der Waals surface area contributed by atoms with Gasteiger partial charge in [-0.05, 0) is 62.5 Å². The van der Waals surface area contributed by atoms with E-state index in [1.807, 2.05) is 17.8 Å². The second-order valence-corrected chi connectivity index (χ2v) is 6.52. The molecule has 4 nitrogen and oxygen atoms in total. The summed E-state index contributed by atoms with van der Waals surface area (Å²) >= 11 is 7.16. The highest BCUT2D eigenvalue weighted by atomic mass is 79.9. The Bertz CT molecular complexity index is 575. The summed E-state index contributed by atoms with van der Waals surface area (Å²) in [7, 11) is 1.96. The smallest absolute Gasteiger partial charge is 0.148 e. The zero-order chi connectivity index (χ0) is 15.2. The van der Waals surface area contributed by atoms with Gasteiger partial charge in [0, 0.05) is 26.0 Å². The van der Waals surface area contributed by atoms with Crippen LogP contribution in [0.1, 0.15) is 24.7 Å². The molecule has 0 aliphatic heterocycles. The summed E-state index contributed by atoms with van der Waals surface area (Å²) in [4.78, 5) is 4.25. The lowest BCUT2D eigenvalue weighted by atomic mass is 10.2. The molecule has 0 amide bonds. The number of aromatic nitrogens is 2. The number of nitrogens with one attached hydrogen (secondary N) is 1. The Morgan fingerprint density at radius 2 is 2.00 bits per heavy atom. The monoisotopic (exact) mass is 415 g/mol. The van der Waals surface area contributed by atoms with E-state index in [-0.39, 0.29) is 0 Å². The van der Waals surface area contributed by atoms with Crippen molar-refractivity contribution in [2.24, 2.45) is 7.05 Å². The molecule has 0 aliphatic rings. The summed E-state index contributed by atoms with van der Waals surface area (Å²) in [5, 5.41) is 3.39. The van der Waals surface area contributed by atoms with Crippen LogP contribution in [0.15, 0.2) is 33.5 Å². The van der Waals surface area contributed by atoms with Gasteiger partial charge in [-0.1, -0.05) is 6.92 Å². The zero-order valence-corrected chi connectivity index (χ0v) is 15.4. The summed E-state index contributed by atoms with van der Waals surface area (Å²) in [5.74, 6) is 1.69. The topological polar surface area (TPSA) is 39.1 Å². The number of aryl methyl sites for hydroxylation is 1. The molecule has 1 aromatic heterocycles. The molecular weight excluding hydrogens is 398 g/mol. The van der Waals surface area contributed by atoms with Crippen molar-refractivity contribution < 1.29 is 4.74 Å². The Morgan fingerprint density at radius 3 is 2.57 bits per heavy atom. The van der Waals surface area contributed by atoms with Gasteiger partial charge in [-0.2, -0.15) is 0 Å². The van der Waals surface area contributed by atoms with Crippen LogP contribution in [0.3, 0.4) is 0 Å². The van der Waals surface area contributed by atoms with Gasteiger partial charge in [-0.3, -0.25) is 0 Å². The highest BCUT2D eigenvalue weighted by molar-refractivity contribution is 9.11. The molecule has 0 atom stereocenters. The molecule has 0 saturated carbocycles. The highest BCUT2D eigenvalue weighted by Gasteiger charge is 2.10. The Balaban J connectivity index is 2.04. The van der Waals surface area contributed by atoms with E-state index in [9.17, 15) is 0 Å². The Morgan fingerprint density at radius 1 is 1.29 bits per heavy atom. The normalized spacial score (nSPS) is 10.9. The summed E-state index contributed by atoms with van der Waals surface area (Å²) in [6, 6.07) is 4.17.